The highest BCUT2D eigenvalue weighted by Gasteiger charge is 2.05. The molecular formula is C12H16N4O2S. The third-order valence-corrected chi connectivity index (χ3v) is 3.46. The van der Waals surface area contributed by atoms with Crippen LogP contribution < -0.4 is 10.5 Å². The molecule has 0 bridgehead atoms. The van der Waals surface area contributed by atoms with E-state index in [-0.39, 0.29) is 0 Å². The van der Waals surface area contributed by atoms with Gasteiger partial charge in [0.2, 0.25) is 5.88 Å². The largest absolute Gasteiger partial charge is 0.477 e. The van der Waals surface area contributed by atoms with Gasteiger partial charge in [-0.3, -0.25) is 0 Å². The van der Waals surface area contributed by atoms with Crippen LogP contribution in [-0.2, 0) is 17.8 Å². The van der Waals surface area contributed by atoms with Gasteiger partial charge < -0.3 is 15.2 Å². The summed E-state index contributed by atoms with van der Waals surface area (Å²) in [6.45, 7) is 2.84. The van der Waals surface area contributed by atoms with Crippen LogP contribution in [0.15, 0.2) is 11.6 Å². The second-order valence-electron chi connectivity index (χ2n) is 3.94. The van der Waals surface area contributed by atoms with E-state index in [1.165, 1.54) is 4.88 Å². The van der Waals surface area contributed by atoms with Gasteiger partial charge >= 0.3 is 0 Å². The van der Waals surface area contributed by atoms with Crippen molar-refractivity contribution in [3.8, 4) is 5.88 Å². The Hall–Kier alpha value is -1.73. The SMILES string of the molecule is COCc1nc(N)cc(OCCc2scnc2C)n1. The predicted molar refractivity (Wildman–Crippen MR) is 73.2 cm³/mol. The van der Waals surface area contributed by atoms with Crippen molar-refractivity contribution in [2.45, 2.75) is 20.0 Å². The number of hydrogen-bond acceptors (Lipinski definition) is 7. The molecular weight excluding hydrogens is 264 g/mol. The van der Waals surface area contributed by atoms with E-state index in [2.05, 4.69) is 15.0 Å². The van der Waals surface area contributed by atoms with Crippen LogP contribution in [0.1, 0.15) is 16.4 Å². The van der Waals surface area contributed by atoms with Crippen molar-refractivity contribution >= 4 is 17.2 Å². The highest BCUT2D eigenvalue weighted by Crippen LogP contribution is 2.15. The maximum Gasteiger partial charge on any atom is 0.218 e. The summed E-state index contributed by atoms with van der Waals surface area (Å²) in [4.78, 5) is 13.7. The van der Waals surface area contributed by atoms with Crippen molar-refractivity contribution in [3.05, 3.63) is 28.0 Å². The van der Waals surface area contributed by atoms with Gasteiger partial charge in [-0.25, -0.2) is 9.97 Å². The van der Waals surface area contributed by atoms with Crippen LogP contribution in [0.25, 0.3) is 0 Å². The van der Waals surface area contributed by atoms with Gasteiger partial charge in [0.15, 0.2) is 5.82 Å². The van der Waals surface area contributed by atoms with Gasteiger partial charge in [0.05, 0.1) is 17.8 Å². The molecule has 0 saturated heterocycles. The minimum atomic E-state index is 0.315. The molecule has 0 amide bonds. The summed E-state index contributed by atoms with van der Waals surface area (Å²) in [5.74, 6) is 1.37. The molecule has 0 saturated carbocycles. The zero-order valence-electron chi connectivity index (χ0n) is 10.9. The lowest BCUT2D eigenvalue weighted by atomic mass is 10.3. The summed E-state index contributed by atoms with van der Waals surface area (Å²) in [6, 6.07) is 1.61. The van der Waals surface area contributed by atoms with Crippen LogP contribution in [0.5, 0.6) is 5.88 Å². The average molecular weight is 280 g/mol. The van der Waals surface area contributed by atoms with Crippen LogP contribution in [0.3, 0.4) is 0 Å². The molecule has 19 heavy (non-hydrogen) atoms. The summed E-state index contributed by atoms with van der Waals surface area (Å²) in [5.41, 5.74) is 8.57. The molecule has 0 aliphatic rings. The van der Waals surface area contributed by atoms with Crippen molar-refractivity contribution in [1.82, 2.24) is 15.0 Å². The highest BCUT2D eigenvalue weighted by molar-refractivity contribution is 7.09. The molecule has 0 spiro atoms. The quantitative estimate of drug-likeness (QED) is 0.865. The number of aromatic nitrogens is 3. The maximum absolute atomic E-state index is 5.69. The Morgan fingerprint density at radius 1 is 1.37 bits per heavy atom. The molecule has 0 aliphatic heterocycles. The molecule has 7 heteroatoms. The van der Waals surface area contributed by atoms with E-state index in [1.807, 2.05) is 12.4 Å². The number of methoxy groups -OCH3 is 1. The third-order valence-electron chi connectivity index (χ3n) is 2.47. The molecule has 0 radical (unpaired) electrons. The van der Waals surface area contributed by atoms with Crippen molar-refractivity contribution < 1.29 is 9.47 Å². The van der Waals surface area contributed by atoms with Crippen molar-refractivity contribution in [1.29, 1.82) is 0 Å². The normalized spacial score (nSPS) is 10.6. The van der Waals surface area contributed by atoms with E-state index < -0.39 is 0 Å². The van der Waals surface area contributed by atoms with E-state index in [9.17, 15) is 0 Å². The van der Waals surface area contributed by atoms with E-state index in [0.29, 0.717) is 30.7 Å². The molecule has 2 rings (SSSR count). The van der Waals surface area contributed by atoms with Crippen molar-refractivity contribution in [2.75, 3.05) is 19.5 Å². The molecule has 0 aliphatic carbocycles. The minimum absolute atomic E-state index is 0.315. The van der Waals surface area contributed by atoms with Crippen LogP contribution in [0, 0.1) is 6.92 Å². The first-order valence-corrected chi connectivity index (χ1v) is 6.71. The number of hydrogen-bond donors (Lipinski definition) is 1. The Kier molecular flexibility index (Phi) is 4.64. The molecule has 0 fully saturated rings. The van der Waals surface area contributed by atoms with Gasteiger partial charge in [-0.05, 0) is 6.92 Å². The average Bonchev–Trinajstić information content (AvgIpc) is 2.75. The molecule has 6 nitrogen and oxygen atoms in total. The summed E-state index contributed by atoms with van der Waals surface area (Å²) >= 11 is 1.63. The molecule has 2 N–H and O–H groups in total. The van der Waals surface area contributed by atoms with E-state index in [1.54, 1.807) is 24.5 Å². The van der Waals surface area contributed by atoms with Gasteiger partial charge in [0, 0.05) is 24.5 Å². The van der Waals surface area contributed by atoms with Gasteiger partial charge in [0.1, 0.15) is 12.4 Å². The Labute approximate surface area is 115 Å². The number of nitrogens with two attached hydrogens (primary N) is 1. The molecule has 0 aromatic carbocycles. The minimum Gasteiger partial charge on any atom is -0.477 e. The Morgan fingerprint density at radius 3 is 2.89 bits per heavy atom. The fraction of sp³-hybridized carbons (Fsp3) is 0.417. The lowest BCUT2D eigenvalue weighted by molar-refractivity contribution is 0.176. The van der Waals surface area contributed by atoms with Gasteiger partial charge in [-0.15, -0.1) is 11.3 Å². The van der Waals surface area contributed by atoms with Crippen molar-refractivity contribution in [3.63, 3.8) is 0 Å². The summed E-state index contributed by atoms with van der Waals surface area (Å²) < 4.78 is 10.6. The van der Waals surface area contributed by atoms with E-state index in [4.69, 9.17) is 15.2 Å². The molecule has 2 aromatic rings. The van der Waals surface area contributed by atoms with Crippen LogP contribution in [0.2, 0.25) is 0 Å². The second-order valence-corrected chi connectivity index (χ2v) is 4.88. The Balaban J connectivity index is 1.94. The predicted octanol–water partition coefficient (Wildman–Crippen LogP) is 1.59. The molecule has 2 aromatic heterocycles. The summed E-state index contributed by atoms with van der Waals surface area (Å²) in [7, 11) is 1.58. The molecule has 0 unspecified atom stereocenters. The first-order chi connectivity index (χ1) is 9.19. The van der Waals surface area contributed by atoms with Crippen molar-refractivity contribution in [2.24, 2.45) is 0 Å². The number of rotatable bonds is 6. The number of nitrogen functional groups attached to an aromatic ring is 1. The standard InChI is InChI=1S/C12H16N4O2S/c1-8-9(19-7-14-8)3-4-18-12-5-10(13)15-11(16-12)6-17-2/h5,7H,3-4,6H2,1-2H3,(H2,13,15,16). The van der Waals surface area contributed by atoms with Gasteiger partial charge in [0.25, 0.3) is 0 Å². The number of aryl methyl sites for hydroxylation is 1. The van der Waals surface area contributed by atoms with Gasteiger partial charge in [-0.1, -0.05) is 0 Å². The third kappa shape index (κ3) is 3.87. The Morgan fingerprint density at radius 2 is 2.21 bits per heavy atom. The molecule has 2 heterocycles. The Bertz CT molecular complexity index is 544. The maximum atomic E-state index is 5.69. The zero-order chi connectivity index (χ0) is 13.7. The van der Waals surface area contributed by atoms with E-state index >= 15 is 0 Å². The number of thiazole rings is 1. The second kappa shape index (κ2) is 6.44. The van der Waals surface area contributed by atoms with E-state index in [0.717, 1.165) is 12.1 Å². The molecule has 102 valence electrons. The summed E-state index contributed by atoms with van der Waals surface area (Å²) in [6.07, 6.45) is 0.806. The monoisotopic (exact) mass is 280 g/mol. The number of nitrogens with zero attached hydrogens (tertiary/aromatic N) is 3. The van der Waals surface area contributed by atoms with Crippen LogP contribution in [0.4, 0.5) is 5.82 Å². The van der Waals surface area contributed by atoms with Crippen LogP contribution >= 0.6 is 11.3 Å². The lowest BCUT2D eigenvalue weighted by Gasteiger charge is -2.07. The van der Waals surface area contributed by atoms with Gasteiger partial charge in [-0.2, -0.15) is 4.98 Å². The fourth-order valence-corrected chi connectivity index (χ4v) is 2.34. The first-order valence-electron chi connectivity index (χ1n) is 5.83. The first kappa shape index (κ1) is 13.7. The lowest BCUT2D eigenvalue weighted by Crippen LogP contribution is -2.07. The highest BCUT2D eigenvalue weighted by atomic mass is 32.1. The number of anilines is 1. The number of ether oxygens (including phenoxy) is 2. The summed E-state index contributed by atoms with van der Waals surface area (Å²) in [5, 5.41) is 0. The smallest absolute Gasteiger partial charge is 0.218 e. The molecule has 0 atom stereocenters. The topological polar surface area (TPSA) is 83.2 Å². The van der Waals surface area contributed by atoms with Crippen LogP contribution in [-0.4, -0.2) is 28.7 Å². The zero-order valence-corrected chi connectivity index (χ0v) is 11.7. The fourth-order valence-electron chi connectivity index (χ4n) is 1.57.